The molecule has 4 aromatic rings. The summed E-state index contributed by atoms with van der Waals surface area (Å²) in [6.07, 6.45) is -0.723. The number of amides is 4. The summed E-state index contributed by atoms with van der Waals surface area (Å²) < 4.78 is 36.2. The van der Waals surface area contributed by atoms with Crippen molar-refractivity contribution in [2.24, 2.45) is 0 Å². The van der Waals surface area contributed by atoms with Crippen molar-refractivity contribution in [3.63, 3.8) is 0 Å². The highest BCUT2D eigenvalue weighted by molar-refractivity contribution is 6.03. The number of fused-ring (bicyclic) bond motifs is 1. The Morgan fingerprint density at radius 2 is 1.51 bits per heavy atom. The van der Waals surface area contributed by atoms with Gasteiger partial charge in [-0.1, -0.05) is 0 Å². The second-order valence-corrected chi connectivity index (χ2v) is 11.6. The van der Waals surface area contributed by atoms with Crippen molar-refractivity contribution >= 4 is 40.3 Å². The van der Waals surface area contributed by atoms with Gasteiger partial charge in [-0.25, -0.2) is 23.6 Å². The van der Waals surface area contributed by atoms with Crippen LogP contribution in [0.1, 0.15) is 25.7 Å². The van der Waals surface area contributed by atoms with E-state index in [-0.39, 0.29) is 43.3 Å². The van der Waals surface area contributed by atoms with E-state index in [2.05, 4.69) is 15.4 Å². The fourth-order valence-corrected chi connectivity index (χ4v) is 5.84. The smallest absolute Gasteiger partial charge is 0.407 e. The number of rotatable bonds is 10. The van der Waals surface area contributed by atoms with Crippen molar-refractivity contribution in [3.05, 3.63) is 82.7 Å². The molecule has 1 saturated heterocycles. The van der Waals surface area contributed by atoms with Gasteiger partial charge >= 0.3 is 12.1 Å². The molecule has 0 spiro atoms. The van der Waals surface area contributed by atoms with Crippen molar-refractivity contribution in [1.82, 2.24) is 19.9 Å². The molecule has 1 aliphatic rings. The van der Waals surface area contributed by atoms with Gasteiger partial charge in [0.15, 0.2) is 5.82 Å². The topological polar surface area (TPSA) is 157 Å². The second-order valence-electron chi connectivity index (χ2n) is 11.6. The Bertz CT molecular complexity index is 1960. The summed E-state index contributed by atoms with van der Waals surface area (Å²) >= 11 is 0. The summed E-state index contributed by atoms with van der Waals surface area (Å²) in [5.41, 5.74) is 0.625. The van der Waals surface area contributed by atoms with Crippen LogP contribution in [0.25, 0.3) is 10.9 Å². The van der Waals surface area contributed by atoms with E-state index in [1.165, 1.54) is 62.3 Å². The maximum Gasteiger partial charge on any atom is 0.407 e. The number of methoxy groups -OCH3 is 4. The summed E-state index contributed by atoms with van der Waals surface area (Å²) in [5.74, 6) is 0.687. The third-order valence-corrected chi connectivity index (χ3v) is 8.54. The number of anilines is 2. The molecule has 15 nitrogen and oxygen atoms in total. The number of benzene rings is 3. The summed E-state index contributed by atoms with van der Waals surface area (Å²) in [7, 11) is 5.67. The van der Waals surface area contributed by atoms with Crippen molar-refractivity contribution in [1.29, 1.82) is 0 Å². The van der Waals surface area contributed by atoms with E-state index in [1.54, 1.807) is 60.2 Å². The summed E-state index contributed by atoms with van der Waals surface area (Å²) in [6, 6.07) is 12.9. The van der Waals surface area contributed by atoms with E-state index in [0.717, 1.165) is 0 Å². The van der Waals surface area contributed by atoms with Crippen molar-refractivity contribution < 1.29 is 37.7 Å². The Morgan fingerprint density at radius 3 is 2.14 bits per heavy atom. The van der Waals surface area contributed by atoms with Gasteiger partial charge in [0.2, 0.25) is 5.91 Å². The number of hydrogen-bond donors (Lipinski definition) is 2. The Hall–Kier alpha value is -6.06. The van der Waals surface area contributed by atoms with Crippen LogP contribution in [-0.4, -0.2) is 93.3 Å². The van der Waals surface area contributed by atoms with Gasteiger partial charge < -0.3 is 39.5 Å². The van der Waals surface area contributed by atoms with Crippen LogP contribution < -0.4 is 40.3 Å². The van der Waals surface area contributed by atoms with E-state index in [9.17, 15) is 23.6 Å². The number of ether oxygens (including phenoxy) is 4. The fourth-order valence-electron chi connectivity index (χ4n) is 5.84. The van der Waals surface area contributed by atoms with Crippen LogP contribution >= 0.6 is 0 Å². The highest BCUT2D eigenvalue weighted by Crippen LogP contribution is 2.37. The zero-order valence-electron chi connectivity index (χ0n) is 29.1. The summed E-state index contributed by atoms with van der Waals surface area (Å²) in [5, 5.41) is 7.35. The molecule has 5 rings (SSSR count). The average Bonchev–Trinajstić information content (AvgIpc) is 3.15. The van der Waals surface area contributed by atoms with Crippen molar-refractivity contribution in [2.75, 3.05) is 69.8 Å². The lowest BCUT2D eigenvalue weighted by Gasteiger charge is -2.39. The zero-order valence-corrected chi connectivity index (χ0v) is 29.1. The van der Waals surface area contributed by atoms with E-state index in [0.29, 0.717) is 34.1 Å². The predicted molar refractivity (Wildman–Crippen MR) is 188 cm³/mol. The van der Waals surface area contributed by atoms with Gasteiger partial charge in [-0.05, 0) is 68.4 Å². The maximum atomic E-state index is 14.4. The number of carbonyl (C=O) groups is 3. The first-order chi connectivity index (χ1) is 24.5. The normalized spacial score (nSPS) is 13.9. The van der Waals surface area contributed by atoms with Gasteiger partial charge in [-0.15, -0.1) is 0 Å². The predicted octanol–water partition coefficient (Wildman–Crippen LogP) is 3.89. The Morgan fingerprint density at radius 1 is 0.863 bits per heavy atom. The second kappa shape index (κ2) is 15.7. The minimum Gasteiger partial charge on any atom is -0.497 e. The fraction of sp³-hybridized carbons (Fsp3) is 0.343. The van der Waals surface area contributed by atoms with E-state index in [1.807, 2.05) is 0 Å². The molecule has 2 N–H and O–H groups in total. The van der Waals surface area contributed by atoms with E-state index in [4.69, 9.17) is 19.2 Å². The number of nitrogens with zero attached hydrogens (tertiary/aromatic N) is 5. The first kappa shape index (κ1) is 36.2. The summed E-state index contributed by atoms with van der Waals surface area (Å²) in [4.78, 5) is 61.4. The number of halogens is 1. The molecule has 0 aliphatic carbocycles. The minimum atomic E-state index is -0.920. The van der Waals surface area contributed by atoms with Crippen LogP contribution in [-0.2, 0) is 9.53 Å². The highest BCUT2D eigenvalue weighted by Gasteiger charge is 2.33. The largest absolute Gasteiger partial charge is 0.497 e. The van der Waals surface area contributed by atoms with E-state index < -0.39 is 35.6 Å². The number of urea groups is 1. The zero-order chi connectivity index (χ0) is 36.8. The molecule has 2 heterocycles. The van der Waals surface area contributed by atoms with Crippen LogP contribution in [0.3, 0.4) is 0 Å². The molecular formula is C35H40FN7O8. The molecule has 0 radical (unpaired) electrons. The molecule has 1 fully saturated rings. The molecule has 1 aromatic heterocycles. The van der Waals surface area contributed by atoms with Crippen molar-refractivity contribution in [2.45, 2.75) is 25.9 Å². The Kier molecular flexibility index (Phi) is 11.1. The minimum absolute atomic E-state index is 0.213. The van der Waals surface area contributed by atoms with E-state index >= 15 is 0 Å². The average molecular weight is 706 g/mol. The molecule has 4 amide bonds. The van der Waals surface area contributed by atoms with Crippen LogP contribution in [0.15, 0.2) is 65.5 Å². The third kappa shape index (κ3) is 7.74. The SMILES string of the molecule is COC(=O)NC(C)C(=O)N1CCN(n2c(C(C)N(C(=O)Nc3ccc(F)cc3)c3ccc(OC)cc3OC)nc3ccc(OC)cc3c2=O)CC1. The number of carbonyl (C=O) groups excluding carboxylic acids is 3. The van der Waals surface area contributed by atoms with Crippen LogP contribution in [0.4, 0.5) is 25.4 Å². The number of hydrogen-bond acceptors (Lipinski definition) is 10. The van der Waals surface area contributed by atoms with Crippen LogP contribution in [0.5, 0.6) is 17.2 Å². The summed E-state index contributed by atoms with van der Waals surface area (Å²) in [6.45, 7) is 4.19. The first-order valence-electron chi connectivity index (χ1n) is 16.1. The molecule has 2 unspecified atom stereocenters. The molecule has 0 saturated carbocycles. The van der Waals surface area contributed by atoms with Gasteiger partial charge in [0.05, 0.1) is 64.2 Å². The molecule has 270 valence electrons. The van der Waals surface area contributed by atoms with Gasteiger partial charge in [0.1, 0.15) is 29.1 Å². The van der Waals surface area contributed by atoms with Crippen LogP contribution in [0.2, 0.25) is 0 Å². The monoisotopic (exact) mass is 705 g/mol. The first-order valence-corrected chi connectivity index (χ1v) is 16.1. The molecular weight excluding hydrogens is 665 g/mol. The number of alkyl carbamates (subject to hydrolysis) is 1. The number of aromatic nitrogens is 2. The quantitative estimate of drug-likeness (QED) is 0.248. The highest BCUT2D eigenvalue weighted by atomic mass is 19.1. The van der Waals surface area contributed by atoms with Crippen LogP contribution in [0, 0.1) is 5.82 Å². The lowest BCUT2D eigenvalue weighted by molar-refractivity contribution is -0.133. The molecule has 0 bridgehead atoms. The Balaban J connectivity index is 1.60. The standard InChI is InChI=1S/C35H40FN7O8/c1-21(37-35(47)51-6)32(44)40-15-17-41(18-16-40)43-31(39-28-13-11-25(48-3)19-27(28)33(43)45)22(2)42(29-14-12-26(49-4)20-30(29)50-5)34(46)38-24-9-7-23(36)8-10-24/h7-14,19-22H,15-18H2,1-6H3,(H,37,47)(H,38,46). The maximum absolute atomic E-state index is 14.4. The third-order valence-electron chi connectivity index (χ3n) is 8.54. The lowest BCUT2D eigenvalue weighted by Crippen LogP contribution is -2.59. The Labute approximate surface area is 293 Å². The van der Waals surface area contributed by atoms with Gasteiger partial charge in [0, 0.05) is 24.8 Å². The number of nitrogens with one attached hydrogen (secondary N) is 2. The molecule has 3 aromatic carbocycles. The van der Waals surface area contributed by atoms with Gasteiger partial charge in [0.25, 0.3) is 5.56 Å². The lowest BCUT2D eigenvalue weighted by atomic mass is 10.1. The number of piperazine rings is 1. The molecule has 2 atom stereocenters. The molecule has 51 heavy (non-hydrogen) atoms. The van der Waals surface area contributed by atoms with Gasteiger partial charge in [-0.2, -0.15) is 0 Å². The molecule has 1 aliphatic heterocycles. The van der Waals surface area contributed by atoms with Gasteiger partial charge in [-0.3, -0.25) is 14.5 Å². The molecule has 16 heteroatoms. The van der Waals surface area contributed by atoms with Crippen molar-refractivity contribution in [3.8, 4) is 17.2 Å².